The molecule has 2 aromatic carbocycles. The molecule has 0 saturated heterocycles. The summed E-state index contributed by atoms with van der Waals surface area (Å²) in [7, 11) is 0. The van der Waals surface area contributed by atoms with Crippen molar-refractivity contribution in [1.82, 2.24) is 5.43 Å². The molecule has 0 bridgehead atoms. The predicted molar refractivity (Wildman–Crippen MR) is 88.7 cm³/mol. The van der Waals surface area contributed by atoms with Crippen LogP contribution in [0.1, 0.15) is 16.7 Å². The predicted octanol–water partition coefficient (Wildman–Crippen LogP) is 3.77. The van der Waals surface area contributed by atoms with Crippen molar-refractivity contribution < 1.29 is 22.7 Å². The van der Waals surface area contributed by atoms with Crippen molar-refractivity contribution in [2.75, 3.05) is 0 Å². The number of carbonyl (C=O) groups is 1. The Morgan fingerprint density at radius 3 is 2.44 bits per heavy atom. The second-order valence-electron chi connectivity index (χ2n) is 5.21. The second-order valence-corrected chi connectivity index (χ2v) is 6.31. The lowest BCUT2D eigenvalue weighted by Crippen LogP contribution is -2.28. The molecule has 130 valence electrons. The van der Waals surface area contributed by atoms with Crippen LogP contribution >= 0.6 is 11.8 Å². The molecule has 1 N–H and O–H groups in total. The van der Waals surface area contributed by atoms with Crippen LogP contribution in [0.5, 0.6) is 0 Å². The number of halogens is 3. The Hall–Kier alpha value is -2.48. The summed E-state index contributed by atoms with van der Waals surface area (Å²) >= 11 is 1.10. The molecular weight excluding hydrogens is 353 g/mol. The van der Waals surface area contributed by atoms with E-state index in [-0.39, 0.29) is 6.61 Å². The topological polar surface area (TPSA) is 50.7 Å². The zero-order valence-corrected chi connectivity index (χ0v) is 13.6. The van der Waals surface area contributed by atoms with E-state index in [2.05, 4.69) is 10.5 Å². The van der Waals surface area contributed by atoms with E-state index in [9.17, 15) is 18.0 Å². The number of rotatable bonds is 4. The van der Waals surface area contributed by atoms with Gasteiger partial charge in [-0.1, -0.05) is 54.2 Å². The van der Waals surface area contributed by atoms with Crippen molar-refractivity contribution in [3.8, 4) is 0 Å². The molecule has 25 heavy (non-hydrogen) atoms. The fourth-order valence-corrected chi connectivity index (χ4v) is 2.99. The second kappa shape index (κ2) is 7.18. The highest BCUT2D eigenvalue weighted by Crippen LogP contribution is 2.30. The van der Waals surface area contributed by atoms with Gasteiger partial charge in [0.25, 0.3) is 0 Å². The fraction of sp³-hybridized carbons (Fsp3) is 0.176. The third kappa shape index (κ3) is 4.33. The Morgan fingerprint density at radius 2 is 1.80 bits per heavy atom. The minimum absolute atomic E-state index is 0.147. The average Bonchev–Trinajstić information content (AvgIpc) is 3.10. The summed E-state index contributed by atoms with van der Waals surface area (Å²) in [5, 5.41) is 3.72. The Labute approximate surface area is 146 Å². The first kappa shape index (κ1) is 17.3. The van der Waals surface area contributed by atoms with Gasteiger partial charge in [-0.2, -0.15) is 18.3 Å². The third-order valence-electron chi connectivity index (χ3n) is 3.41. The van der Waals surface area contributed by atoms with Gasteiger partial charge < -0.3 is 4.74 Å². The number of ether oxygens (including phenoxy) is 1. The molecule has 0 amide bonds. The van der Waals surface area contributed by atoms with Gasteiger partial charge in [0.05, 0.1) is 5.56 Å². The summed E-state index contributed by atoms with van der Waals surface area (Å²) in [5.74, 6) is -0.487. The molecular formula is C17H13F3N2O2S. The SMILES string of the molecule is O=C(OCc1ccccc1)C1NN=C(c2ccc(C(F)(F)F)cc2)S1. The zero-order valence-electron chi connectivity index (χ0n) is 12.8. The van der Waals surface area contributed by atoms with Crippen molar-refractivity contribution in [3.63, 3.8) is 0 Å². The molecule has 1 aliphatic rings. The van der Waals surface area contributed by atoms with Gasteiger partial charge in [-0.25, -0.2) is 4.79 Å². The van der Waals surface area contributed by atoms with Crippen LogP contribution < -0.4 is 5.43 Å². The van der Waals surface area contributed by atoms with Gasteiger partial charge in [0, 0.05) is 5.56 Å². The molecule has 1 heterocycles. The molecule has 1 atom stereocenters. The minimum atomic E-state index is -4.38. The number of carbonyl (C=O) groups excluding carboxylic acids is 1. The number of hydrogen-bond donors (Lipinski definition) is 1. The van der Waals surface area contributed by atoms with Gasteiger partial charge in [0.15, 0.2) is 5.37 Å². The van der Waals surface area contributed by atoms with Crippen molar-refractivity contribution in [3.05, 3.63) is 71.3 Å². The number of esters is 1. The minimum Gasteiger partial charge on any atom is -0.459 e. The molecule has 0 aliphatic carbocycles. The van der Waals surface area contributed by atoms with E-state index in [1.165, 1.54) is 12.1 Å². The van der Waals surface area contributed by atoms with Crippen LogP contribution in [0.15, 0.2) is 59.7 Å². The lowest BCUT2D eigenvalue weighted by molar-refractivity contribution is -0.144. The lowest BCUT2D eigenvalue weighted by Gasteiger charge is -2.10. The van der Waals surface area contributed by atoms with Crippen LogP contribution in [0, 0.1) is 0 Å². The molecule has 1 aliphatic heterocycles. The van der Waals surface area contributed by atoms with Crippen molar-refractivity contribution in [1.29, 1.82) is 0 Å². The number of alkyl halides is 3. The number of thioether (sulfide) groups is 1. The monoisotopic (exact) mass is 366 g/mol. The molecule has 0 aromatic heterocycles. The van der Waals surface area contributed by atoms with Gasteiger partial charge in [-0.3, -0.25) is 5.43 Å². The summed E-state index contributed by atoms with van der Waals surface area (Å²) in [6.07, 6.45) is -4.38. The van der Waals surface area contributed by atoms with Crippen LogP contribution in [0.2, 0.25) is 0 Å². The first-order valence-electron chi connectivity index (χ1n) is 7.31. The summed E-state index contributed by atoms with van der Waals surface area (Å²) in [6, 6.07) is 13.9. The Morgan fingerprint density at radius 1 is 1.12 bits per heavy atom. The van der Waals surface area contributed by atoms with Gasteiger partial charge in [0.2, 0.25) is 0 Å². The van der Waals surface area contributed by atoms with Gasteiger partial charge >= 0.3 is 12.1 Å². The highest BCUT2D eigenvalue weighted by molar-refractivity contribution is 8.15. The maximum absolute atomic E-state index is 12.6. The largest absolute Gasteiger partial charge is 0.459 e. The van der Waals surface area contributed by atoms with E-state index >= 15 is 0 Å². The Bertz CT molecular complexity index is 777. The van der Waals surface area contributed by atoms with E-state index in [4.69, 9.17) is 4.74 Å². The summed E-state index contributed by atoms with van der Waals surface area (Å²) in [4.78, 5) is 12.1. The normalized spacial score (nSPS) is 16.9. The molecule has 0 radical (unpaired) electrons. The fourth-order valence-electron chi connectivity index (χ4n) is 2.12. The van der Waals surface area contributed by atoms with Crippen molar-refractivity contribution in [2.24, 2.45) is 5.10 Å². The van der Waals surface area contributed by atoms with Crippen molar-refractivity contribution in [2.45, 2.75) is 18.2 Å². The van der Waals surface area contributed by atoms with Gasteiger partial charge in [0.1, 0.15) is 11.7 Å². The van der Waals surface area contributed by atoms with Crippen LogP contribution in [0.3, 0.4) is 0 Å². The lowest BCUT2D eigenvalue weighted by atomic mass is 10.1. The van der Waals surface area contributed by atoms with E-state index in [1.807, 2.05) is 30.3 Å². The maximum Gasteiger partial charge on any atom is 0.416 e. The first-order chi connectivity index (χ1) is 11.9. The Balaban J connectivity index is 1.56. The molecule has 8 heteroatoms. The van der Waals surface area contributed by atoms with Crippen LogP contribution in [-0.4, -0.2) is 16.4 Å². The van der Waals surface area contributed by atoms with E-state index in [1.54, 1.807) is 0 Å². The van der Waals surface area contributed by atoms with Crippen LogP contribution in [0.4, 0.5) is 13.2 Å². The number of hydrogen-bond acceptors (Lipinski definition) is 5. The van der Waals surface area contributed by atoms with E-state index in [0.717, 1.165) is 29.5 Å². The van der Waals surface area contributed by atoms with Crippen LogP contribution in [-0.2, 0) is 22.3 Å². The molecule has 2 aromatic rings. The van der Waals surface area contributed by atoms with Crippen molar-refractivity contribution >= 4 is 22.8 Å². The van der Waals surface area contributed by atoms with Gasteiger partial charge in [-0.05, 0) is 17.7 Å². The first-order valence-corrected chi connectivity index (χ1v) is 8.19. The molecule has 0 saturated carbocycles. The zero-order chi connectivity index (χ0) is 17.9. The molecule has 0 spiro atoms. The summed E-state index contributed by atoms with van der Waals surface area (Å²) in [5.41, 5.74) is 3.28. The van der Waals surface area contributed by atoms with E-state index < -0.39 is 23.1 Å². The third-order valence-corrected chi connectivity index (χ3v) is 4.49. The van der Waals surface area contributed by atoms with E-state index in [0.29, 0.717) is 10.6 Å². The number of hydrazone groups is 1. The standard InChI is InChI=1S/C17H13F3N2O2S/c18-17(19,20)13-8-6-12(7-9-13)14-21-22-15(25-14)16(23)24-10-11-4-2-1-3-5-11/h1-9,15,22H,10H2. The molecule has 4 nitrogen and oxygen atoms in total. The molecule has 1 unspecified atom stereocenters. The maximum atomic E-state index is 12.6. The molecule has 3 rings (SSSR count). The quantitative estimate of drug-likeness (QED) is 0.837. The Kier molecular flexibility index (Phi) is 4.98. The smallest absolute Gasteiger partial charge is 0.416 e. The van der Waals surface area contributed by atoms with Crippen LogP contribution in [0.25, 0.3) is 0 Å². The summed E-state index contributed by atoms with van der Waals surface area (Å²) < 4.78 is 43.0. The highest BCUT2D eigenvalue weighted by Gasteiger charge is 2.31. The number of nitrogens with zero attached hydrogens (tertiary/aromatic N) is 1. The highest BCUT2D eigenvalue weighted by atomic mass is 32.2. The number of nitrogens with one attached hydrogen (secondary N) is 1. The van der Waals surface area contributed by atoms with Gasteiger partial charge in [-0.15, -0.1) is 0 Å². The number of benzene rings is 2. The average molecular weight is 366 g/mol. The summed E-state index contributed by atoms with van der Waals surface area (Å²) in [6.45, 7) is 0.147. The molecule has 0 fully saturated rings.